The van der Waals surface area contributed by atoms with E-state index >= 15 is 0 Å². The Bertz CT molecular complexity index is 1250. The van der Waals surface area contributed by atoms with Gasteiger partial charge in [-0.15, -0.1) is 0 Å². The molecule has 11 nitrogen and oxygen atoms in total. The maximum Gasteiger partial charge on any atom is 0.246 e. The van der Waals surface area contributed by atoms with E-state index in [2.05, 4.69) is 31.6 Å². The quantitative estimate of drug-likeness (QED) is 0.350. The van der Waals surface area contributed by atoms with Gasteiger partial charge in [0.15, 0.2) is 6.23 Å². The van der Waals surface area contributed by atoms with Crippen LogP contribution in [0.1, 0.15) is 37.1 Å². The van der Waals surface area contributed by atoms with Crippen molar-refractivity contribution in [1.82, 2.24) is 24.6 Å². The second kappa shape index (κ2) is 11.1. The molecular weight excluding hydrogens is 474 g/mol. The molecule has 2 atom stereocenters. The number of methoxy groups -OCH3 is 1. The number of nitrogens with one attached hydrogen (secondary N) is 1. The predicted octanol–water partition coefficient (Wildman–Crippen LogP) is 2.51. The number of fused-ring (bicyclic) bond motifs is 3. The number of carbonyl (C=O) groups is 1. The molecule has 5 rings (SSSR count). The lowest BCUT2D eigenvalue weighted by atomic mass is 10.1. The highest BCUT2D eigenvalue weighted by molar-refractivity contribution is 5.95. The normalized spacial score (nSPS) is 18.6. The van der Waals surface area contributed by atoms with Crippen LogP contribution < -0.4 is 15.0 Å². The lowest BCUT2D eigenvalue weighted by Gasteiger charge is -2.33. The average Bonchev–Trinajstić information content (AvgIpc) is 3.12. The Morgan fingerprint density at radius 3 is 3.00 bits per heavy atom. The highest BCUT2D eigenvalue weighted by Crippen LogP contribution is 2.42. The number of nitrogens with zero attached hydrogens (tertiary/aromatic N) is 6. The van der Waals surface area contributed by atoms with E-state index in [0.29, 0.717) is 44.4 Å². The Kier molecular flexibility index (Phi) is 7.52. The zero-order valence-electron chi connectivity index (χ0n) is 21.0. The van der Waals surface area contributed by atoms with Crippen molar-refractivity contribution in [2.75, 3.05) is 56.7 Å². The molecule has 0 aliphatic carbocycles. The standard InChI is InChI=1S/C26H33N7O4/c1-3-22(34)32-11-5-4-6-19(17-32)33-23-20(29-26(33)30-25(35)18-9-10-27-28-16-18)7-8-21-24(23)31(12-14-36-2)13-15-37-21/h3,7-10,16,19,25,35H,1,4-6,11-15,17H2,2H3,(H,29,30)/t19-,25?/m1/s1. The fraction of sp³-hybridized carbons (Fsp3) is 0.462. The molecule has 1 fully saturated rings. The number of benzene rings is 1. The van der Waals surface area contributed by atoms with Gasteiger partial charge in [-0.2, -0.15) is 10.2 Å². The molecule has 0 radical (unpaired) electrons. The van der Waals surface area contributed by atoms with Crippen LogP contribution in [0.4, 0.5) is 11.6 Å². The van der Waals surface area contributed by atoms with Gasteiger partial charge in [0.2, 0.25) is 11.9 Å². The summed E-state index contributed by atoms with van der Waals surface area (Å²) in [7, 11) is 1.69. The topological polar surface area (TPSA) is 118 Å². The molecule has 0 saturated carbocycles. The Hall–Kier alpha value is -3.70. The van der Waals surface area contributed by atoms with Crippen LogP contribution in [-0.4, -0.2) is 82.2 Å². The minimum Gasteiger partial charge on any atom is -0.489 e. The van der Waals surface area contributed by atoms with Crippen LogP contribution in [0.2, 0.25) is 0 Å². The first-order valence-corrected chi connectivity index (χ1v) is 12.6. The third kappa shape index (κ3) is 5.09. The number of ether oxygens (including phenoxy) is 2. The molecule has 2 aliphatic heterocycles. The third-order valence-electron chi connectivity index (χ3n) is 6.98. The molecule has 196 valence electrons. The minimum atomic E-state index is -1.04. The Morgan fingerprint density at radius 2 is 2.22 bits per heavy atom. The minimum absolute atomic E-state index is 0.0700. The van der Waals surface area contributed by atoms with Gasteiger partial charge in [0.05, 0.1) is 42.6 Å². The number of aromatic nitrogens is 4. The van der Waals surface area contributed by atoms with Gasteiger partial charge in [-0.1, -0.05) is 6.58 Å². The van der Waals surface area contributed by atoms with Gasteiger partial charge >= 0.3 is 0 Å². The molecule has 2 aromatic heterocycles. The Labute approximate surface area is 215 Å². The van der Waals surface area contributed by atoms with Crippen molar-refractivity contribution in [1.29, 1.82) is 0 Å². The van der Waals surface area contributed by atoms with Crippen molar-refractivity contribution in [2.45, 2.75) is 31.5 Å². The van der Waals surface area contributed by atoms with Crippen LogP contribution in [0.15, 0.2) is 43.2 Å². The number of hydrogen-bond donors (Lipinski definition) is 2. The van der Waals surface area contributed by atoms with Crippen LogP contribution in [0.25, 0.3) is 11.0 Å². The molecule has 1 aromatic carbocycles. The number of likely N-dealkylation sites (tertiary alicyclic amines) is 1. The summed E-state index contributed by atoms with van der Waals surface area (Å²) in [5.41, 5.74) is 3.21. The third-order valence-corrected chi connectivity index (χ3v) is 6.98. The molecule has 2 aliphatic rings. The van der Waals surface area contributed by atoms with Crippen molar-refractivity contribution in [2.24, 2.45) is 0 Å². The number of carbonyl (C=O) groups excluding carboxylic acids is 1. The number of hydrogen-bond acceptors (Lipinski definition) is 9. The molecule has 0 spiro atoms. The number of anilines is 2. The summed E-state index contributed by atoms with van der Waals surface area (Å²) < 4.78 is 13.6. The summed E-state index contributed by atoms with van der Waals surface area (Å²) in [6.07, 6.45) is 6.11. The zero-order valence-corrected chi connectivity index (χ0v) is 21.0. The number of imidazole rings is 1. The van der Waals surface area contributed by atoms with Gasteiger partial charge in [0.1, 0.15) is 18.0 Å². The summed E-state index contributed by atoms with van der Waals surface area (Å²) in [5.74, 6) is 1.22. The molecule has 1 unspecified atom stereocenters. The highest BCUT2D eigenvalue weighted by atomic mass is 16.5. The maximum absolute atomic E-state index is 12.6. The SMILES string of the molecule is C=CC(=O)N1CCCC[C@@H](n2c(NC(O)c3ccnnc3)nc3ccc4c(c32)N(CCOC)CCO4)C1. The molecular formula is C26H33N7O4. The summed E-state index contributed by atoms with van der Waals surface area (Å²) in [6.45, 7) is 7.48. The van der Waals surface area contributed by atoms with E-state index in [1.165, 1.54) is 18.5 Å². The molecule has 1 amide bonds. The lowest BCUT2D eigenvalue weighted by molar-refractivity contribution is -0.126. The zero-order chi connectivity index (χ0) is 25.8. The summed E-state index contributed by atoms with van der Waals surface area (Å²) in [6, 6.07) is 5.52. The van der Waals surface area contributed by atoms with E-state index in [0.717, 1.165) is 48.3 Å². The molecule has 4 heterocycles. The summed E-state index contributed by atoms with van der Waals surface area (Å²) >= 11 is 0. The summed E-state index contributed by atoms with van der Waals surface area (Å²) in [5, 5.41) is 21.9. The predicted molar refractivity (Wildman–Crippen MR) is 140 cm³/mol. The first kappa shape index (κ1) is 25.0. The first-order chi connectivity index (χ1) is 18.1. The maximum atomic E-state index is 12.6. The van der Waals surface area contributed by atoms with Gasteiger partial charge < -0.3 is 34.3 Å². The largest absolute Gasteiger partial charge is 0.489 e. The van der Waals surface area contributed by atoms with E-state index in [-0.39, 0.29) is 11.9 Å². The van der Waals surface area contributed by atoms with Crippen LogP contribution in [-0.2, 0) is 9.53 Å². The van der Waals surface area contributed by atoms with Crippen molar-refractivity contribution in [3.05, 3.63) is 48.8 Å². The molecule has 11 heteroatoms. The smallest absolute Gasteiger partial charge is 0.246 e. The molecule has 37 heavy (non-hydrogen) atoms. The Morgan fingerprint density at radius 1 is 1.32 bits per heavy atom. The fourth-order valence-electron chi connectivity index (χ4n) is 5.16. The monoisotopic (exact) mass is 507 g/mol. The van der Waals surface area contributed by atoms with Crippen molar-refractivity contribution < 1.29 is 19.4 Å². The molecule has 2 N–H and O–H groups in total. The van der Waals surface area contributed by atoms with E-state index in [1.54, 1.807) is 13.2 Å². The number of aliphatic hydroxyl groups excluding tert-OH is 1. The number of amides is 1. The van der Waals surface area contributed by atoms with Gasteiger partial charge in [-0.25, -0.2) is 4.98 Å². The number of aliphatic hydroxyl groups is 1. The van der Waals surface area contributed by atoms with Gasteiger partial charge in [0, 0.05) is 32.3 Å². The van der Waals surface area contributed by atoms with E-state index in [4.69, 9.17) is 14.5 Å². The molecule has 0 bridgehead atoms. The molecule has 1 saturated heterocycles. The molecule has 3 aromatic rings. The second-order valence-electron chi connectivity index (χ2n) is 9.27. The average molecular weight is 508 g/mol. The van der Waals surface area contributed by atoms with Crippen LogP contribution in [0.5, 0.6) is 5.75 Å². The van der Waals surface area contributed by atoms with E-state index < -0.39 is 6.23 Å². The van der Waals surface area contributed by atoms with Crippen molar-refractivity contribution in [3.8, 4) is 5.75 Å². The fourth-order valence-corrected chi connectivity index (χ4v) is 5.16. The van der Waals surface area contributed by atoms with Crippen LogP contribution >= 0.6 is 0 Å². The highest BCUT2D eigenvalue weighted by Gasteiger charge is 2.31. The Balaban J connectivity index is 1.64. The second-order valence-corrected chi connectivity index (χ2v) is 9.27. The van der Waals surface area contributed by atoms with Crippen LogP contribution in [0.3, 0.4) is 0 Å². The lowest BCUT2D eigenvalue weighted by Crippen LogP contribution is -2.36. The van der Waals surface area contributed by atoms with E-state index in [9.17, 15) is 9.90 Å². The van der Waals surface area contributed by atoms with E-state index in [1.807, 2.05) is 17.0 Å². The van der Waals surface area contributed by atoms with Crippen molar-refractivity contribution >= 4 is 28.6 Å². The van der Waals surface area contributed by atoms with Gasteiger partial charge in [-0.05, 0) is 43.5 Å². The van der Waals surface area contributed by atoms with Gasteiger partial charge in [0.25, 0.3) is 0 Å². The van der Waals surface area contributed by atoms with Crippen LogP contribution in [0, 0.1) is 0 Å². The first-order valence-electron chi connectivity index (χ1n) is 12.6. The van der Waals surface area contributed by atoms with Crippen molar-refractivity contribution in [3.63, 3.8) is 0 Å². The van der Waals surface area contributed by atoms with Gasteiger partial charge in [-0.3, -0.25) is 4.79 Å². The number of rotatable bonds is 8. The summed E-state index contributed by atoms with van der Waals surface area (Å²) in [4.78, 5) is 21.6.